The zero-order valence-corrected chi connectivity index (χ0v) is 12.6. The molecule has 0 bridgehead atoms. The van der Waals surface area contributed by atoms with Gasteiger partial charge in [0, 0.05) is 13.1 Å². The number of carbonyl (C=O) groups excluding carboxylic acids is 2. The van der Waals surface area contributed by atoms with Crippen molar-refractivity contribution in [3.8, 4) is 0 Å². The summed E-state index contributed by atoms with van der Waals surface area (Å²) in [6.45, 7) is 1.13. The van der Waals surface area contributed by atoms with E-state index < -0.39 is 0 Å². The van der Waals surface area contributed by atoms with Crippen LogP contribution in [0.5, 0.6) is 0 Å². The highest BCUT2D eigenvalue weighted by molar-refractivity contribution is 7.97. The van der Waals surface area contributed by atoms with E-state index in [2.05, 4.69) is 0 Å². The summed E-state index contributed by atoms with van der Waals surface area (Å²) in [4.78, 5) is 25.5. The van der Waals surface area contributed by atoms with Gasteiger partial charge in [-0.3, -0.25) is 9.59 Å². The van der Waals surface area contributed by atoms with E-state index in [-0.39, 0.29) is 17.8 Å². The summed E-state index contributed by atoms with van der Waals surface area (Å²) in [7, 11) is 1.40. The molecule has 1 fully saturated rings. The van der Waals surface area contributed by atoms with Gasteiger partial charge in [0.1, 0.15) is 5.76 Å². The Bertz CT molecular complexity index is 477. The summed E-state index contributed by atoms with van der Waals surface area (Å²) in [6, 6.07) is 3.56. The smallest absolute Gasteiger partial charge is 0.308 e. The number of rotatable bonds is 4. The van der Waals surface area contributed by atoms with E-state index in [1.807, 2.05) is 12.3 Å². The second-order valence-electron chi connectivity index (χ2n) is 4.79. The van der Waals surface area contributed by atoms with Crippen LogP contribution in [0, 0.1) is 5.92 Å². The lowest BCUT2D eigenvalue weighted by Gasteiger charge is -2.30. The molecule has 0 atom stereocenters. The van der Waals surface area contributed by atoms with Crippen LogP contribution in [-0.2, 0) is 15.3 Å². The molecule has 1 aliphatic heterocycles. The number of carbonyl (C=O) groups is 2. The first-order valence-electron chi connectivity index (χ1n) is 6.60. The highest BCUT2D eigenvalue weighted by Crippen LogP contribution is 2.21. The third-order valence-corrected chi connectivity index (χ3v) is 4.05. The van der Waals surface area contributed by atoms with Crippen LogP contribution in [0.3, 0.4) is 0 Å². The zero-order chi connectivity index (χ0) is 14.5. The molecule has 6 heteroatoms. The number of hydrogen-bond acceptors (Lipinski definition) is 5. The van der Waals surface area contributed by atoms with Crippen molar-refractivity contribution >= 4 is 23.6 Å². The number of ether oxygens (including phenoxy) is 1. The van der Waals surface area contributed by atoms with Crippen molar-refractivity contribution in [2.75, 3.05) is 26.5 Å². The van der Waals surface area contributed by atoms with Crippen LogP contribution in [0.4, 0.5) is 0 Å². The van der Waals surface area contributed by atoms with Crippen LogP contribution in [0.1, 0.15) is 29.2 Å². The lowest BCUT2D eigenvalue weighted by atomic mass is 9.97. The van der Waals surface area contributed by atoms with Gasteiger partial charge in [-0.05, 0) is 31.2 Å². The third kappa shape index (κ3) is 3.36. The lowest BCUT2D eigenvalue weighted by molar-refractivity contribution is -0.146. The molecule has 2 rings (SSSR count). The predicted octanol–water partition coefficient (Wildman–Crippen LogP) is 2.17. The molecule has 2 heterocycles. The van der Waals surface area contributed by atoms with Crippen LogP contribution < -0.4 is 0 Å². The molecule has 1 amide bonds. The summed E-state index contributed by atoms with van der Waals surface area (Å²) in [5.74, 6) is 1.58. The first-order chi connectivity index (χ1) is 9.65. The Morgan fingerprint density at radius 3 is 2.70 bits per heavy atom. The Hall–Kier alpha value is -1.43. The fraction of sp³-hybridized carbons (Fsp3) is 0.571. The molecule has 5 nitrogen and oxygen atoms in total. The number of methoxy groups -OCH3 is 1. The van der Waals surface area contributed by atoms with E-state index in [1.54, 1.807) is 22.7 Å². The van der Waals surface area contributed by atoms with Crippen molar-refractivity contribution in [3.63, 3.8) is 0 Å². The van der Waals surface area contributed by atoms with Gasteiger partial charge >= 0.3 is 5.97 Å². The summed E-state index contributed by atoms with van der Waals surface area (Å²) >= 11 is 1.65. The van der Waals surface area contributed by atoms with E-state index >= 15 is 0 Å². The average Bonchev–Trinajstić information content (AvgIpc) is 2.95. The Morgan fingerprint density at radius 2 is 2.10 bits per heavy atom. The molecule has 1 aliphatic rings. The molecule has 0 N–H and O–H groups in total. The minimum Gasteiger partial charge on any atom is -0.469 e. The molecular formula is C14H19NO4S. The maximum Gasteiger partial charge on any atom is 0.308 e. The Kier molecular flexibility index (Phi) is 5.11. The molecule has 0 aliphatic carbocycles. The molecule has 110 valence electrons. The normalized spacial score (nSPS) is 16.2. The fourth-order valence-corrected chi connectivity index (χ4v) is 2.79. The van der Waals surface area contributed by atoms with Crippen LogP contribution in [-0.4, -0.2) is 43.2 Å². The van der Waals surface area contributed by atoms with Crippen molar-refractivity contribution < 1.29 is 18.7 Å². The monoisotopic (exact) mass is 297 g/mol. The Labute approximate surface area is 122 Å². The summed E-state index contributed by atoms with van der Waals surface area (Å²) < 4.78 is 10.3. The van der Waals surface area contributed by atoms with Crippen LogP contribution in [0.25, 0.3) is 0 Å². The Balaban J connectivity index is 1.92. The molecule has 1 aromatic heterocycles. The number of esters is 1. The van der Waals surface area contributed by atoms with Crippen molar-refractivity contribution in [1.29, 1.82) is 0 Å². The van der Waals surface area contributed by atoms with Crippen LogP contribution >= 0.6 is 11.8 Å². The van der Waals surface area contributed by atoms with Crippen LogP contribution in [0.15, 0.2) is 16.5 Å². The van der Waals surface area contributed by atoms with E-state index in [0.717, 1.165) is 11.5 Å². The second-order valence-corrected chi connectivity index (χ2v) is 5.65. The largest absolute Gasteiger partial charge is 0.469 e. The minimum atomic E-state index is -0.183. The minimum absolute atomic E-state index is 0.0901. The number of thioether (sulfide) groups is 1. The van der Waals surface area contributed by atoms with Crippen molar-refractivity contribution in [1.82, 2.24) is 4.90 Å². The second kappa shape index (κ2) is 6.83. The van der Waals surface area contributed by atoms with Gasteiger partial charge in [0.2, 0.25) is 0 Å². The molecule has 1 saturated heterocycles. The predicted molar refractivity (Wildman–Crippen MR) is 76.6 cm³/mol. The summed E-state index contributed by atoms with van der Waals surface area (Å²) in [5, 5.41) is 0. The van der Waals surface area contributed by atoms with E-state index in [9.17, 15) is 9.59 Å². The summed E-state index contributed by atoms with van der Waals surface area (Å²) in [6.07, 6.45) is 3.29. The highest BCUT2D eigenvalue weighted by Gasteiger charge is 2.29. The molecule has 0 saturated carbocycles. The van der Waals surface area contributed by atoms with Crippen molar-refractivity contribution in [2.24, 2.45) is 5.92 Å². The first-order valence-corrected chi connectivity index (χ1v) is 8.00. The van der Waals surface area contributed by atoms with Gasteiger partial charge in [-0.15, -0.1) is 0 Å². The molecule has 0 aromatic carbocycles. The molecule has 1 aromatic rings. The number of piperidine rings is 1. The topological polar surface area (TPSA) is 59.8 Å². The van der Waals surface area contributed by atoms with Gasteiger partial charge in [-0.25, -0.2) is 0 Å². The van der Waals surface area contributed by atoms with Gasteiger partial charge in [-0.1, -0.05) is 0 Å². The van der Waals surface area contributed by atoms with Gasteiger partial charge < -0.3 is 14.1 Å². The number of furan rings is 1. The zero-order valence-electron chi connectivity index (χ0n) is 11.8. The number of likely N-dealkylation sites (tertiary alicyclic amines) is 1. The van der Waals surface area contributed by atoms with Gasteiger partial charge in [0.15, 0.2) is 5.76 Å². The molecule has 20 heavy (non-hydrogen) atoms. The maximum atomic E-state index is 12.3. The quantitative estimate of drug-likeness (QED) is 0.797. The van der Waals surface area contributed by atoms with Gasteiger partial charge in [0.05, 0.1) is 18.8 Å². The Morgan fingerprint density at radius 1 is 1.40 bits per heavy atom. The average molecular weight is 297 g/mol. The fourth-order valence-electron chi connectivity index (χ4n) is 2.35. The lowest BCUT2D eigenvalue weighted by Crippen LogP contribution is -2.40. The van der Waals surface area contributed by atoms with Crippen molar-refractivity contribution in [3.05, 3.63) is 23.7 Å². The summed E-state index contributed by atoms with van der Waals surface area (Å²) in [5.41, 5.74) is 0. The molecule has 0 spiro atoms. The highest BCUT2D eigenvalue weighted by atomic mass is 32.2. The standard InChI is InChI=1S/C14H19NO4S/c1-18-14(17)10-5-7-15(8-6-10)13(16)12-4-3-11(19-12)9-20-2/h3-4,10H,5-9H2,1-2H3. The maximum absolute atomic E-state index is 12.3. The SMILES string of the molecule is COC(=O)C1CCN(C(=O)c2ccc(CSC)o2)CC1. The van der Waals surface area contributed by atoms with Crippen LogP contribution in [0.2, 0.25) is 0 Å². The van der Waals surface area contributed by atoms with E-state index in [0.29, 0.717) is 31.7 Å². The molecule has 0 radical (unpaired) electrons. The van der Waals surface area contributed by atoms with Gasteiger partial charge in [0.25, 0.3) is 5.91 Å². The molecular weight excluding hydrogens is 278 g/mol. The number of nitrogens with zero attached hydrogens (tertiary/aromatic N) is 1. The molecule has 0 unspecified atom stereocenters. The number of hydrogen-bond donors (Lipinski definition) is 0. The van der Waals surface area contributed by atoms with Gasteiger partial charge in [-0.2, -0.15) is 11.8 Å². The van der Waals surface area contributed by atoms with Crippen molar-refractivity contribution in [2.45, 2.75) is 18.6 Å². The van der Waals surface area contributed by atoms with E-state index in [1.165, 1.54) is 7.11 Å². The van der Waals surface area contributed by atoms with E-state index in [4.69, 9.17) is 9.15 Å². The third-order valence-electron chi connectivity index (χ3n) is 3.48. The first kappa shape index (κ1) is 15.0. The number of amides is 1.